The van der Waals surface area contributed by atoms with Gasteiger partial charge in [-0.2, -0.15) is 31.5 Å². The van der Waals surface area contributed by atoms with Crippen LogP contribution >= 0.6 is 41.6 Å². The van der Waals surface area contributed by atoms with Crippen molar-refractivity contribution in [2.75, 3.05) is 37.8 Å². The van der Waals surface area contributed by atoms with Gasteiger partial charge < -0.3 is 34.4 Å². The topological polar surface area (TPSA) is 159 Å². The Hall–Kier alpha value is -2.89. The lowest BCUT2D eigenvalue weighted by Gasteiger charge is -2.43. The van der Waals surface area contributed by atoms with Crippen LogP contribution in [0.3, 0.4) is 0 Å². The van der Waals surface area contributed by atoms with E-state index in [0.29, 0.717) is 58.7 Å². The second kappa shape index (κ2) is 18.8. The molecule has 4 fully saturated rings. The van der Waals surface area contributed by atoms with Gasteiger partial charge in [0.2, 0.25) is 11.8 Å². The summed E-state index contributed by atoms with van der Waals surface area (Å²) >= 11 is 1.97. The number of benzene rings is 1. The van der Waals surface area contributed by atoms with Gasteiger partial charge in [-0.05, 0) is 85.6 Å². The monoisotopic (exact) mass is 950 g/mol. The molecule has 2 aromatic heterocycles. The van der Waals surface area contributed by atoms with Crippen LogP contribution in [0.25, 0.3) is 10.1 Å². The number of aromatic nitrogens is 1. The minimum absolute atomic E-state index is 0.0603. The summed E-state index contributed by atoms with van der Waals surface area (Å²) < 4.78 is 58.6. The number of aliphatic hydroxyl groups is 2. The van der Waals surface area contributed by atoms with Crippen molar-refractivity contribution in [2.24, 2.45) is 16.2 Å². The summed E-state index contributed by atoms with van der Waals surface area (Å²) in [5, 5.41) is 24.3. The van der Waals surface area contributed by atoms with E-state index in [-0.39, 0.29) is 68.9 Å². The van der Waals surface area contributed by atoms with Gasteiger partial charge >= 0.3 is 13.3 Å². The summed E-state index contributed by atoms with van der Waals surface area (Å²) in [6.07, 6.45) is 9.02. The van der Waals surface area contributed by atoms with Crippen molar-refractivity contribution in [3.63, 3.8) is 0 Å². The van der Waals surface area contributed by atoms with Crippen LogP contribution in [0.2, 0.25) is 0 Å². The van der Waals surface area contributed by atoms with E-state index in [9.17, 15) is 29.2 Å². The van der Waals surface area contributed by atoms with Crippen LogP contribution in [-0.4, -0.2) is 109 Å². The van der Waals surface area contributed by atoms with Crippen LogP contribution in [0, 0.1) is 16.2 Å². The largest absolute Gasteiger partial charge is 0.404 e. The fourth-order valence-electron chi connectivity index (χ4n) is 8.51. The van der Waals surface area contributed by atoms with Crippen LogP contribution in [-0.2, 0) is 28.9 Å². The van der Waals surface area contributed by atoms with Gasteiger partial charge in [-0.3, -0.25) is 23.9 Å². The number of nitrogens with one attached hydrogen (secondary N) is 1. The highest BCUT2D eigenvalue weighted by Gasteiger charge is 2.56. The molecule has 63 heavy (non-hydrogen) atoms. The van der Waals surface area contributed by atoms with Crippen LogP contribution in [0.5, 0.6) is 0 Å². The third-order valence-electron chi connectivity index (χ3n) is 12.6. The molecule has 4 aliphatic rings. The average molecular weight is 951 g/mol. The lowest BCUT2D eigenvalue weighted by atomic mass is 9.86. The fraction of sp³-hybridized carbons (Fsp3) is 0.600. The highest BCUT2D eigenvalue weighted by Crippen LogP contribution is 2.67. The molecule has 3 aromatic rings. The maximum absolute atomic E-state index is 16.5. The zero-order chi connectivity index (χ0) is 45.5. The number of thiol groups is 2. The maximum Gasteiger partial charge on any atom is 0.404 e. The van der Waals surface area contributed by atoms with Gasteiger partial charge in [-0.25, -0.2) is 0 Å². The number of hydrogen-bond donors (Lipinski definition) is 5. The number of carbonyl (C=O) groups is 3. The molecule has 3 amide bonds. The second-order valence-corrected chi connectivity index (χ2v) is 25.0. The van der Waals surface area contributed by atoms with Crippen molar-refractivity contribution >= 4 is 79.5 Å². The third kappa shape index (κ3) is 10.7. The molecular weight excluding hydrogens is 890 g/mol. The quantitative estimate of drug-likeness (QED) is 0.0460. The molecule has 0 radical (unpaired) electrons. The fourth-order valence-corrected chi connectivity index (χ4v) is 13.0. The van der Waals surface area contributed by atoms with Crippen molar-refractivity contribution in [3.05, 3.63) is 64.8 Å². The predicted octanol–water partition coefficient (Wildman–Crippen LogP) is 9.02. The number of carbonyl (C=O) groups excluding carboxylic acids is 3. The summed E-state index contributed by atoms with van der Waals surface area (Å²) in [6.45, 7) is 11.3. The van der Waals surface area contributed by atoms with E-state index >= 15 is 8.78 Å². The molecule has 3 aliphatic heterocycles. The summed E-state index contributed by atoms with van der Waals surface area (Å²) in [7, 11) is -5.20. The molecule has 346 valence electrons. The molecular formula is C45H61F2N4O8PS3. The highest BCUT2D eigenvalue weighted by molar-refractivity contribution is 7.98. The zero-order valence-electron chi connectivity index (χ0n) is 36.8. The number of fused-ring (bicyclic) bond motifs is 2. The first kappa shape index (κ1) is 48.1. The Balaban J connectivity index is 1.07. The molecule has 1 spiro atoms. The zero-order valence-corrected chi connectivity index (χ0v) is 40.3. The highest BCUT2D eigenvalue weighted by atomic mass is 32.1. The molecule has 0 bridgehead atoms. The molecule has 7 rings (SSSR count). The van der Waals surface area contributed by atoms with Crippen LogP contribution in [0.15, 0.2) is 48.8 Å². The van der Waals surface area contributed by atoms with Crippen molar-refractivity contribution < 1.29 is 47.0 Å². The minimum atomic E-state index is -5.20. The predicted molar refractivity (Wildman–Crippen MR) is 251 cm³/mol. The van der Waals surface area contributed by atoms with Gasteiger partial charge in [-0.1, -0.05) is 53.7 Å². The summed E-state index contributed by atoms with van der Waals surface area (Å²) in [4.78, 5) is 50.4. The molecule has 3 atom stereocenters. The smallest absolute Gasteiger partial charge is 0.359 e. The Labute approximate surface area is 380 Å². The van der Waals surface area contributed by atoms with E-state index in [1.165, 1.54) is 18.2 Å². The SMILES string of the molecule is CC(C)(C)C(O)=[SH]CCOP(=O)(OCC[SH]=C(O)C(C)(C)C)C(F)(F)c1ccc2sc(C(=O)N[C@H]3CCC4(CC4)C[C@H]4CC[C@@H](C(=O)N5CC(c6cccnc6)C5)N4C3=O)cc2c1. The van der Waals surface area contributed by atoms with Crippen molar-refractivity contribution in [2.45, 2.75) is 116 Å². The van der Waals surface area contributed by atoms with Gasteiger partial charge in [0.1, 0.15) is 12.1 Å². The molecule has 1 saturated carbocycles. The summed E-state index contributed by atoms with van der Waals surface area (Å²) in [5.41, 5.74) is -4.62. The first-order valence-corrected chi connectivity index (χ1v) is 26.2. The van der Waals surface area contributed by atoms with Gasteiger partial charge in [-0.15, -0.1) is 11.3 Å². The normalized spacial score (nSPS) is 23.5. The molecule has 1 aromatic carbocycles. The number of amides is 3. The van der Waals surface area contributed by atoms with Gasteiger partial charge in [0.05, 0.1) is 28.2 Å². The number of pyridine rings is 1. The van der Waals surface area contributed by atoms with E-state index in [2.05, 4.69) is 10.3 Å². The molecule has 1 aliphatic carbocycles. The van der Waals surface area contributed by atoms with Crippen molar-refractivity contribution in [3.8, 4) is 0 Å². The van der Waals surface area contributed by atoms with Crippen LogP contribution < -0.4 is 5.32 Å². The Morgan fingerprint density at radius 3 is 2.19 bits per heavy atom. The molecule has 12 nitrogen and oxygen atoms in total. The van der Waals surface area contributed by atoms with Crippen LogP contribution in [0.1, 0.15) is 113 Å². The Morgan fingerprint density at radius 1 is 0.952 bits per heavy atom. The van der Waals surface area contributed by atoms with E-state index in [1.807, 2.05) is 64.8 Å². The number of halogens is 2. The van der Waals surface area contributed by atoms with E-state index in [1.54, 1.807) is 11.1 Å². The lowest BCUT2D eigenvalue weighted by Crippen LogP contribution is -2.60. The number of hydrogen-bond acceptors (Lipinski definition) is 8. The molecule has 5 heterocycles. The lowest BCUT2D eigenvalue weighted by molar-refractivity contribution is -0.150. The molecule has 3 N–H and O–H groups in total. The maximum atomic E-state index is 16.5. The standard InChI is InChI=1S/C45H61F2N4O8PS3/c1-42(2,3)40(55)61-20-18-58-60(57,59-19-21-62-41(56)43(4,5)6)45(46,47)31-9-12-35-29(22-31)23-36(63-35)37(52)49-33-13-14-44(15-16-44)24-32-10-11-34(51(32)38(33)53)39(54)50-26-30(27-50)28-8-7-17-48-25-28/h7-9,12,17,22-23,25,30,32-34,55-56,61-62H,10-11,13-16,18-21,24,26-27H2,1-6H3,(H,49,52)/t32-,33+,34+/m1/s1. The number of likely N-dealkylation sites (tertiary alicyclic amines) is 1. The van der Waals surface area contributed by atoms with Crippen molar-refractivity contribution in [1.82, 2.24) is 20.1 Å². The number of thiophene rings is 1. The number of alkyl halides is 2. The van der Waals surface area contributed by atoms with E-state index in [0.717, 1.165) is 55.1 Å². The molecule has 18 heteroatoms. The van der Waals surface area contributed by atoms with Crippen molar-refractivity contribution in [1.29, 1.82) is 0 Å². The Kier molecular flexibility index (Phi) is 14.3. The first-order chi connectivity index (χ1) is 29.6. The first-order valence-electron chi connectivity index (χ1n) is 21.7. The molecule has 3 saturated heterocycles. The van der Waals surface area contributed by atoms with Crippen LogP contribution in [0.4, 0.5) is 8.78 Å². The third-order valence-corrected chi connectivity index (χ3v) is 18.4. The second-order valence-electron chi connectivity index (χ2n) is 19.5. The number of rotatable bonds is 14. The number of aliphatic hydroxyl groups excluding tert-OH is 2. The Bertz CT molecular complexity index is 2260. The Morgan fingerprint density at radius 2 is 1.60 bits per heavy atom. The average Bonchev–Trinajstić information content (AvgIpc) is 3.64. The summed E-state index contributed by atoms with van der Waals surface area (Å²) in [5.74, 6) is -0.454. The summed E-state index contributed by atoms with van der Waals surface area (Å²) in [6, 6.07) is 7.60. The van der Waals surface area contributed by atoms with Gasteiger partial charge in [0.15, 0.2) is 0 Å². The molecule has 0 unspecified atom stereocenters. The minimum Gasteiger partial charge on any atom is -0.359 e. The van der Waals surface area contributed by atoms with E-state index in [4.69, 9.17) is 9.05 Å². The van der Waals surface area contributed by atoms with Gasteiger partial charge in [0, 0.05) is 70.0 Å². The van der Waals surface area contributed by atoms with Gasteiger partial charge in [0.25, 0.3) is 5.91 Å². The van der Waals surface area contributed by atoms with E-state index < -0.39 is 47.6 Å². The number of nitrogens with zero attached hydrogens (tertiary/aromatic N) is 3.